The van der Waals surface area contributed by atoms with Gasteiger partial charge in [0.15, 0.2) is 11.4 Å². The van der Waals surface area contributed by atoms with Crippen molar-refractivity contribution in [3.05, 3.63) is 57.6 Å². The van der Waals surface area contributed by atoms with Gasteiger partial charge in [0, 0.05) is 17.7 Å². The third kappa shape index (κ3) is 3.02. The highest BCUT2D eigenvalue weighted by molar-refractivity contribution is 6.24. The van der Waals surface area contributed by atoms with Crippen molar-refractivity contribution in [1.29, 1.82) is 5.41 Å². The molecule has 0 spiro atoms. The number of likely N-dealkylation sites (N-methyl/N-ethyl adjacent to an activating group) is 1. The minimum Gasteiger partial charge on any atom is -0.510 e. The number of phenolic OH excluding ortho intramolecular Hbond substituents is 1. The van der Waals surface area contributed by atoms with Crippen LogP contribution in [0.25, 0.3) is 6.08 Å². The first-order valence-electron chi connectivity index (χ1n) is 10.6. The van der Waals surface area contributed by atoms with E-state index in [0.717, 1.165) is 6.21 Å². The Morgan fingerprint density at radius 1 is 1.24 bits per heavy atom. The number of Topliss-reactive ketones (excluding diaryl/α,β-unsaturated/α-hetero) is 2. The number of nitrogens with one attached hydrogen (secondary N) is 1. The lowest BCUT2D eigenvalue weighted by Crippen LogP contribution is -2.63. The number of hydrogen-bond acceptors (Lipinski definition) is 9. The number of aromatic hydroxyl groups is 1. The molecule has 0 bridgehead atoms. The molecule has 10 nitrogen and oxygen atoms in total. The summed E-state index contributed by atoms with van der Waals surface area (Å²) in [5, 5.41) is 51.1. The Hall–Kier alpha value is -3.76. The quantitative estimate of drug-likeness (QED) is 0.277. The van der Waals surface area contributed by atoms with Crippen LogP contribution in [-0.4, -0.2) is 74.8 Å². The first-order chi connectivity index (χ1) is 16.0. The van der Waals surface area contributed by atoms with Gasteiger partial charge in [-0.25, -0.2) is 0 Å². The zero-order valence-corrected chi connectivity index (χ0v) is 18.6. The predicted molar refractivity (Wildman–Crippen MR) is 121 cm³/mol. The van der Waals surface area contributed by atoms with E-state index >= 15 is 0 Å². The molecule has 0 aliphatic heterocycles. The third-order valence-corrected chi connectivity index (χ3v) is 7.01. The fourth-order valence-corrected chi connectivity index (χ4v) is 5.58. The van der Waals surface area contributed by atoms with Crippen LogP contribution in [0.15, 0.2) is 40.9 Å². The number of phenols is 1. The molecule has 1 aromatic rings. The summed E-state index contributed by atoms with van der Waals surface area (Å²) in [6, 6.07) is 1.89. The Morgan fingerprint density at radius 2 is 1.91 bits per heavy atom. The standard InChI is InChI=1S/C24H25N3O7/c1-27(2)18-13-9-11-8-12-10(4-3-7-25)5-6-14(28)16(12)19(29)15(11)21(31)24(13,34)22(32)17(20(18)30)23(26)33/h3-7,11,13,18,25,28,30-31,34H,8-9H2,1-2H3,(H2,26,33)/t11-,13-,18-,24-/m0/s1. The maximum absolute atomic E-state index is 13.5. The van der Waals surface area contributed by atoms with Crippen molar-refractivity contribution in [3.8, 4) is 5.75 Å². The van der Waals surface area contributed by atoms with Gasteiger partial charge in [-0.05, 0) is 56.1 Å². The highest BCUT2D eigenvalue weighted by Gasteiger charge is 2.63. The van der Waals surface area contributed by atoms with Gasteiger partial charge < -0.3 is 31.6 Å². The molecule has 7 N–H and O–H groups in total. The number of benzene rings is 1. The number of allylic oxidation sites excluding steroid dienone is 2. The second kappa shape index (κ2) is 7.93. The number of hydrogen-bond donors (Lipinski definition) is 6. The summed E-state index contributed by atoms with van der Waals surface area (Å²) in [6.07, 6.45) is 4.38. The van der Waals surface area contributed by atoms with E-state index in [1.54, 1.807) is 26.2 Å². The number of rotatable bonds is 4. The summed E-state index contributed by atoms with van der Waals surface area (Å²) in [4.78, 5) is 40.2. The monoisotopic (exact) mass is 467 g/mol. The number of nitrogens with zero attached hydrogens (tertiary/aromatic N) is 1. The van der Waals surface area contributed by atoms with E-state index in [4.69, 9.17) is 11.1 Å². The number of aliphatic hydroxyl groups is 3. The van der Waals surface area contributed by atoms with Crippen molar-refractivity contribution in [3.63, 3.8) is 0 Å². The molecular formula is C24H25N3O7. The summed E-state index contributed by atoms with van der Waals surface area (Å²) in [6.45, 7) is 0. The molecule has 4 rings (SSSR count). The number of ketones is 2. The van der Waals surface area contributed by atoms with Crippen molar-refractivity contribution in [2.75, 3.05) is 14.1 Å². The van der Waals surface area contributed by atoms with Gasteiger partial charge in [0.1, 0.15) is 22.8 Å². The van der Waals surface area contributed by atoms with Crippen LogP contribution < -0.4 is 5.73 Å². The van der Waals surface area contributed by atoms with Crippen LogP contribution in [0.1, 0.15) is 27.9 Å². The van der Waals surface area contributed by atoms with Crippen LogP contribution in [0.2, 0.25) is 0 Å². The van der Waals surface area contributed by atoms with Gasteiger partial charge in [0.25, 0.3) is 5.91 Å². The van der Waals surface area contributed by atoms with Crippen LogP contribution in [0.4, 0.5) is 0 Å². The molecule has 0 radical (unpaired) electrons. The summed E-state index contributed by atoms with van der Waals surface area (Å²) >= 11 is 0. The second-order valence-corrected chi connectivity index (χ2v) is 9.02. The van der Waals surface area contributed by atoms with Crippen molar-refractivity contribution in [2.45, 2.75) is 24.5 Å². The largest absolute Gasteiger partial charge is 0.510 e. The van der Waals surface area contributed by atoms with Crippen LogP contribution >= 0.6 is 0 Å². The van der Waals surface area contributed by atoms with Crippen LogP contribution in [0, 0.1) is 17.2 Å². The summed E-state index contributed by atoms with van der Waals surface area (Å²) in [7, 11) is 3.15. The molecule has 0 aromatic heterocycles. The van der Waals surface area contributed by atoms with Gasteiger partial charge in [0.05, 0.1) is 11.6 Å². The highest BCUT2D eigenvalue weighted by Crippen LogP contribution is 2.52. The number of carbonyl (C=O) groups is 3. The Morgan fingerprint density at radius 3 is 2.50 bits per heavy atom. The van der Waals surface area contributed by atoms with Crippen LogP contribution in [0.3, 0.4) is 0 Å². The number of nitrogens with two attached hydrogens (primary N) is 1. The summed E-state index contributed by atoms with van der Waals surface area (Å²) in [5.41, 5.74) is 2.66. The van der Waals surface area contributed by atoms with Crippen molar-refractivity contribution < 1.29 is 34.8 Å². The highest BCUT2D eigenvalue weighted by atomic mass is 16.3. The summed E-state index contributed by atoms with van der Waals surface area (Å²) < 4.78 is 0. The topological polar surface area (TPSA) is 185 Å². The molecule has 0 unspecified atom stereocenters. The number of fused-ring (bicyclic) bond motifs is 3. The van der Waals surface area contributed by atoms with E-state index in [1.165, 1.54) is 17.0 Å². The van der Waals surface area contributed by atoms with Gasteiger partial charge in [-0.2, -0.15) is 0 Å². The third-order valence-electron chi connectivity index (χ3n) is 7.01. The predicted octanol–water partition coefficient (Wildman–Crippen LogP) is 0.783. The second-order valence-electron chi connectivity index (χ2n) is 9.02. The minimum absolute atomic E-state index is 0.0230. The molecule has 10 heteroatoms. The molecule has 3 aliphatic rings. The molecular weight excluding hydrogens is 442 g/mol. The van der Waals surface area contributed by atoms with Gasteiger partial charge >= 0.3 is 0 Å². The van der Waals surface area contributed by atoms with Crippen molar-refractivity contribution in [2.24, 2.45) is 17.6 Å². The molecule has 1 amide bonds. The Labute approximate surface area is 194 Å². The number of carbonyl (C=O) groups excluding carboxylic acids is 3. The SMILES string of the molecule is CN(C)[C@@H]1C(O)=C(C(N)=O)C(=O)[C@@]2(O)C(O)=C3C(=O)c4c(O)ccc(C=CC=N)c4C[C@H]3C[C@@H]12. The van der Waals surface area contributed by atoms with E-state index in [2.05, 4.69) is 0 Å². The fraction of sp³-hybridized carbons (Fsp3) is 0.333. The van der Waals surface area contributed by atoms with Crippen LogP contribution in [-0.2, 0) is 16.0 Å². The lowest BCUT2D eigenvalue weighted by atomic mass is 9.58. The Kier molecular flexibility index (Phi) is 5.46. The minimum atomic E-state index is -2.65. The first kappa shape index (κ1) is 23.4. The molecule has 34 heavy (non-hydrogen) atoms. The normalized spacial score (nSPS) is 28.8. The fourth-order valence-electron chi connectivity index (χ4n) is 5.58. The average Bonchev–Trinajstić information content (AvgIpc) is 2.75. The zero-order valence-electron chi connectivity index (χ0n) is 18.6. The van der Waals surface area contributed by atoms with E-state index in [-0.39, 0.29) is 29.7 Å². The average molecular weight is 467 g/mol. The lowest BCUT2D eigenvalue weighted by molar-refractivity contribution is -0.148. The molecule has 0 saturated heterocycles. The number of amides is 1. The van der Waals surface area contributed by atoms with E-state index in [1.807, 2.05) is 0 Å². The maximum Gasteiger partial charge on any atom is 0.255 e. The van der Waals surface area contributed by atoms with E-state index in [0.29, 0.717) is 11.1 Å². The zero-order chi connectivity index (χ0) is 25.1. The molecule has 4 atom stereocenters. The molecule has 178 valence electrons. The van der Waals surface area contributed by atoms with Crippen molar-refractivity contribution >= 4 is 29.8 Å². The molecule has 0 saturated carbocycles. The molecule has 1 aromatic carbocycles. The smallest absolute Gasteiger partial charge is 0.255 e. The van der Waals surface area contributed by atoms with Crippen molar-refractivity contribution in [1.82, 2.24) is 4.90 Å². The van der Waals surface area contributed by atoms with E-state index in [9.17, 15) is 34.8 Å². The van der Waals surface area contributed by atoms with Crippen LogP contribution in [0.5, 0.6) is 5.75 Å². The molecule has 0 heterocycles. The first-order valence-corrected chi connectivity index (χ1v) is 10.6. The molecule has 0 fully saturated rings. The van der Waals surface area contributed by atoms with Gasteiger partial charge in [-0.15, -0.1) is 0 Å². The van der Waals surface area contributed by atoms with Gasteiger partial charge in [-0.3, -0.25) is 19.3 Å². The Bertz CT molecular complexity index is 1240. The van der Waals surface area contributed by atoms with E-state index < -0.39 is 58.0 Å². The molecule has 3 aliphatic carbocycles. The number of primary amides is 1. The number of aliphatic hydroxyl groups excluding tert-OH is 2. The lowest BCUT2D eigenvalue weighted by Gasteiger charge is -2.50. The summed E-state index contributed by atoms with van der Waals surface area (Å²) in [5.74, 6) is -6.81. The maximum atomic E-state index is 13.5. The van der Waals surface area contributed by atoms with Gasteiger partial charge in [-0.1, -0.05) is 12.1 Å². The Balaban J connectivity index is 1.96. The van der Waals surface area contributed by atoms with Gasteiger partial charge in [0.2, 0.25) is 5.78 Å².